The van der Waals surface area contributed by atoms with Crippen molar-refractivity contribution in [2.24, 2.45) is 5.73 Å². The van der Waals surface area contributed by atoms with Crippen molar-refractivity contribution in [3.63, 3.8) is 0 Å². The number of hydrogen-bond donors (Lipinski definition) is 1. The molecule has 1 aromatic rings. The van der Waals surface area contributed by atoms with E-state index in [0.717, 1.165) is 29.9 Å². The molecule has 1 rings (SSSR count). The van der Waals surface area contributed by atoms with Gasteiger partial charge in [0.2, 0.25) is 0 Å². The van der Waals surface area contributed by atoms with Crippen LogP contribution in [0.5, 0.6) is 11.5 Å². The third-order valence-corrected chi connectivity index (χ3v) is 2.26. The van der Waals surface area contributed by atoms with E-state index in [1.165, 1.54) is 0 Å². The van der Waals surface area contributed by atoms with Crippen molar-refractivity contribution in [2.75, 3.05) is 27.1 Å². The molecular weight excluding hydrogens is 218 g/mol. The summed E-state index contributed by atoms with van der Waals surface area (Å²) >= 11 is 0. The zero-order valence-corrected chi connectivity index (χ0v) is 10.6. The fourth-order valence-corrected chi connectivity index (χ4v) is 1.46. The van der Waals surface area contributed by atoms with E-state index in [2.05, 4.69) is 6.92 Å². The highest BCUT2D eigenvalue weighted by Crippen LogP contribution is 2.25. The first-order valence-electron chi connectivity index (χ1n) is 5.89. The van der Waals surface area contributed by atoms with Crippen molar-refractivity contribution in [3.05, 3.63) is 23.8 Å². The molecule has 4 heteroatoms. The molecule has 0 spiro atoms. The summed E-state index contributed by atoms with van der Waals surface area (Å²) in [5, 5.41) is 0. The monoisotopic (exact) mass is 239 g/mol. The van der Waals surface area contributed by atoms with Crippen LogP contribution in [0.25, 0.3) is 0 Å². The summed E-state index contributed by atoms with van der Waals surface area (Å²) in [7, 11) is 1.60. The Hall–Kier alpha value is -1.26. The predicted octanol–water partition coefficient (Wildman–Crippen LogP) is 1.96. The van der Waals surface area contributed by atoms with Gasteiger partial charge in [-0.25, -0.2) is 0 Å². The Labute approximate surface area is 103 Å². The topological polar surface area (TPSA) is 53.7 Å². The van der Waals surface area contributed by atoms with Gasteiger partial charge < -0.3 is 19.9 Å². The molecule has 1 aromatic carbocycles. The minimum absolute atomic E-state index is 0.231. The van der Waals surface area contributed by atoms with Crippen molar-refractivity contribution in [1.82, 2.24) is 0 Å². The van der Waals surface area contributed by atoms with Gasteiger partial charge in [-0.3, -0.25) is 0 Å². The molecule has 0 amide bonds. The zero-order chi connectivity index (χ0) is 12.5. The van der Waals surface area contributed by atoms with E-state index in [0.29, 0.717) is 13.2 Å². The summed E-state index contributed by atoms with van der Waals surface area (Å²) < 4.78 is 16.0. The number of hydrogen-bond acceptors (Lipinski definition) is 4. The second-order valence-electron chi connectivity index (χ2n) is 3.71. The average molecular weight is 239 g/mol. The summed E-state index contributed by atoms with van der Waals surface area (Å²) in [6, 6.07) is 5.82. The lowest BCUT2D eigenvalue weighted by molar-refractivity contribution is 0.0502. The van der Waals surface area contributed by atoms with E-state index in [4.69, 9.17) is 19.9 Å². The standard InChI is InChI=1S/C13H21NO3/c1-3-8-16-12-5-4-11(6-7-14)13(9-12)17-10-15-2/h4-5,9H,3,6-8,10,14H2,1-2H3. The van der Waals surface area contributed by atoms with Crippen LogP contribution in [0.15, 0.2) is 18.2 Å². The molecular formula is C13H21NO3. The van der Waals surface area contributed by atoms with Gasteiger partial charge in [0, 0.05) is 13.2 Å². The Kier molecular flexibility index (Phi) is 6.43. The van der Waals surface area contributed by atoms with E-state index in [-0.39, 0.29) is 6.79 Å². The van der Waals surface area contributed by atoms with Crippen molar-refractivity contribution in [1.29, 1.82) is 0 Å². The molecule has 2 N–H and O–H groups in total. The van der Waals surface area contributed by atoms with Crippen LogP contribution in [0, 0.1) is 0 Å². The molecule has 96 valence electrons. The number of rotatable bonds is 8. The maximum absolute atomic E-state index is 5.56. The quantitative estimate of drug-likeness (QED) is 0.705. The Morgan fingerprint density at radius 3 is 2.71 bits per heavy atom. The lowest BCUT2D eigenvalue weighted by Crippen LogP contribution is -2.07. The van der Waals surface area contributed by atoms with E-state index >= 15 is 0 Å². The van der Waals surface area contributed by atoms with Crippen LogP contribution in [0.2, 0.25) is 0 Å². The highest BCUT2D eigenvalue weighted by Gasteiger charge is 2.05. The van der Waals surface area contributed by atoms with Crippen molar-refractivity contribution in [2.45, 2.75) is 19.8 Å². The predicted molar refractivity (Wildman–Crippen MR) is 67.5 cm³/mol. The third kappa shape index (κ3) is 4.63. The maximum atomic E-state index is 5.56. The van der Waals surface area contributed by atoms with Gasteiger partial charge in [-0.1, -0.05) is 13.0 Å². The van der Waals surface area contributed by atoms with Crippen LogP contribution in [0.1, 0.15) is 18.9 Å². The van der Waals surface area contributed by atoms with Crippen molar-refractivity contribution in [3.8, 4) is 11.5 Å². The largest absolute Gasteiger partial charge is 0.493 e. The SMILES string of the molecule is CCCOc1ccc(CCN)c(OCOC)c1. The van der Waals surface area contributed by atoms with E-state index in [9.17, 15) is 0 Å². The average Bonchev–Trinajstić information content (AvgIpc) is 2.36. The summed E-state index contributed by atoms with van der Waals surface area (Å²) in [4.78, 5) is 0. The molecule has 0 saturated carbocycles. The minimum atomic E-state index is 0.231. The number of benzene rings is 1. The summed E-state index contributed by atoms with van der Waals surface area (Å²) in [5.74, 6) is 1.60. The lowest BCUT2D eigenvalue weighted by atomic mass is 10.1. The first-order chi connectivity index (χ1) is 8.31. The summed E-state index contributed by atoms with van der Waals surface area (Å²) in [5.41, 5.74) is 6.64. The second kappa shape index (κ2) is 7.92. The normalized spacial score (nSPS) is 10.3. The Balaban J connectivity index is 2.76. The fourth-order valence-electron chi connectivity index (χ4n) is 1.46. The summed E-state index contributed by atoms with van der Waals surface area (Å²) in [6.45, 7) is 3.61. The molecule has 0 saturated heterocycles. The van der Waals surface area contributed by atoms with Crippen LogP contribution in [-0.4, -0.2) is 27.1 Å². The van der Waals surface area contributed by atoms with Crippen molar-refractivity contribution >= 4 is 0 Å². The molecule has 0 fully saturated rings. The first kappa shape index (κ1) is 13.8. The molecule has 17 heavy (non-hydrogen) atoms. The van der Waals surface area contributed by atoms with Crippen LogP contribution in [-0.2, 0) is 11.2 Å². The molecule has 4 nitrogen and oxygen atoms in total. The van der Waals surface area contributed by atoms with E-state index in [1.807, 2.05) is 18.2 Å². The fraction of sp³-hybridized carbons (Fsp3) is 0.538. The molecule has 0 unspecified atom stereocenters. The molecule has 0 aromatic heterocycles. The summed E-state index contributed by atoms with van der Waals surface area (Å²) in [6.07, 6.45) is 1.77. The van der Waals surface area contributed by atoms with E-state index < -0.39 is 0 Å². The van der Waals surface area contributed by atoms with Gasteiger partial charge in [0.15, 0.2) is 6.79 Å². The molecule has 0 heterocycles. The second-order valence-corrected chi connectivity index (χ2v) is 3.71. The van der Waals surface area contributed by atoms with Gasteiger partial charge in [-0.15, -0.1) is 0 Å². The van der Waals surface area contributed by atoms with Gasteiger partial charge >= 0.3 is 0 Å². The molecule has 0 bridgehead atoms. The molecule has 0 atom stereocenters. The van der Waals surface area contributed by atoms with Gasteiger partial charge in [0.25, 0.3) is 0 Å². The highest BCUT2D eigenvalue weighted by molar-refractivity contribution is 5.41. The van der Waals surface area contributed by atoms with Crippen LogP contribution in [0.4, 0.5) is 0 Å². The smallest absolute Gasteiger partial charge is 0.188 e. The minimum Gasteiger partial charge on any atom is -0.493 e. The molecule has 0 aliphatic carbocycles. The van der Waals surface area contributed by atoms with Gasteiger partial charge in [0.05, 0.1) is 6.61 Å². The van der Waals surface area contributed by atoms with Crippen LogP contribution >= 0.6 is 0 Å². The van der Waals surface area contributed by atoms with Crippen molar-refractivity contribution < 1.29 is 14.2 Å². The Bertz CT molecular complexity index is 328. The number of nitrogens with two attached hydrogens (primary N) is 1. The number of methoxy groups -OCH3 is 1. The van der Waals surface area contributed by atoms with Gasteiger partial charge in [-0.05, 0) is 31.0 Å². The molecule has 0 aliphatic rings. The third-order valence-electron chi connectivity index (χ3n) is 2.26. The number of ether oxygens (including phenoxy) is 3. The molecule has 0 radical (unpaired) electrons. The van der Waals surface area contributed by atoms with Gasteiger partial charge in [0.1, 0.15) is 11.5 Å². The Morgan fingerprint density at radius 2 is 2.06 bits per heavy atom. The van der Waals surface area contributed by atoms with E-state index in [1.54, 1.807) is 7.11 Å². The van der Waals surface area contributed by atoms with Crippen LogP contribution in [0.3, 0.4) is 0 Å². The van der Waals surface area contributed by atoms with Gasteiger partial charge in [-0.2, -0.15) is 0 Å². The van der Waals surface area contributed by atoms with Crippen LogP contribution < -0.4 is 15.2 Å². The maximum Gasteiger partial charge on any atom is 0.188 e. The first-order valence-corrected chi connectivity index (χ1v) is 5.89. The highest BCUT2D eigenvalue weighted by atomic mass is 16.7. The Morgan fingerprint density at radius 1 is 1.24 bits per heavy atom. The molecule has 0 aliphatic heterocycles. The lowest BCUT2D eigenvalue weighted by Gasteiger charge is -2.12. The zero-order valence-electron chi connectivity index (χ0n) is 10.6.